The number of aliphatic hydroxyl groups excluding tert-OH is 1. The second-order valence-corrected chi connectivity index (χ2v) is 7.93. The number of alkyl carbamates (subject to hydrolysis) is 1. The molecular weight excluding hydrogens is 393 g/mol. The van der Waals surface area contributed by atoms with Gasteiger partial charge in [-0.1, -0.05) is 26.0 Å². The number of nitrogens with one attached hydrogen (secondary N) is 3. The fraction of sp³-hybridized carbons (Fsp3) is 0.571. The first-order chi connectivity index (χ1) is 14.3. The van der Waals surface area contributed by atoms with Gasteiger partial charge in [0.05, 0.1) is 12.6 Å². The molecule has 1 heterocycles. The molecule has 3 atom stereocenters. The molecule has 8 nitrogen and oxygen atoms in total. The highest BCUT2D eigenvalue weighted by Gasteiger charge is 2.30. The number of hydrogen-bond acceptors (Lipinski definition) is 5. The molecule has 2 rings (SSSR count). The fourth-order valence-corrected chi connectivity index (χ4v) is 3.36. The van der Waals surface area contributed by atoms with Gasteiger partial charge in [-0.15, -0.1) is 0 Å². The fourth-order valence-electron chi connectivity index (χ4n) is 3.36. The Morgan fingerprint density at radius 2 is 2.10 bits per heavy atom. The summed E-state index contributed by atoms with van der Waals surface area (Å²) in [6.45, 7) is 3.97. The molecule has 1 saturated heterocycles. The number of halogens is 1. The third-order valence-electron chi connectivity index (χ3n) is 4.87. The van der Waals surface area contributed by atoms with Crippen LogP contribution in [-0.4, -0.2) is 48.2 Å². The second-order valence-electron chi connectivity index (χ2n) is 7.93. The normalized spacial score (nSPS) is 17.9. The molecule has 9 heteroatoms. The molecule has 4 N–H and O–H groups in total. The Morgan fingerprint density at radius 3 is 2.70 bits per heavy atom. The lowest BCUT2D eigenvalue weighted by molar-refractivity contribution is -0.126. The summed E-state index contributed by atoms with van der Waals surface area (Å²) >= 11 is 0. The smallest absolute Gasteiger partial charge is 0.408 e. The van der Waals surface area contributed by atoms with E-state index in [-0.39, 0.29) is 31.0 Å². The Balaban J connectivity index is 1.91. The van der Waals surface area contributed by atoms with Gasteiger partial charge in [0.25, 0.3) is 0 Å². The van der Waals surface area contributed by atoms with Crippen molar-refractivity contribution in [2.24, 2.45) is 11.8 Å². The van der Waals surface area contributed by atoms with Gasteiger partial charge >= 0.3 is 6.09 Å². The van der Waals surface area contributed by atoms with Crippen molar-refractivity contribution < 1.29 is 28.6 Å². The quantitative estimate of drug-likeness (QED) is 0.455. The van der Waals surface area contributed by atoms with Gasteiger partial charge < -0.3 is 25.8 Å². The largest absolute Gasteiger partial charge is 0.445 e. The second kappa shape index (κ2) is 11.5. The van der Waals surface area contributed by atoms with Crippen LogP contribution in [0.5, 0.6) is 0 Å². The third kappa shape index (κ3) is 7.62. The lowest BCUT2D eigenvalue weighted by atomic mass is 9.97. The van der Waals surface area contributed by atoms with Crippen LogP contribution in [0.15, 0.2) is 24.3 Å². The van der Waals surface area contributed by atoms with E-state index in [1.165, 1.54) is 18.2 Å². The van der Waals surface area contributed by atoms with Crippen LogP contribution in [0.1, 0.15) is 38.7 Å². The minimum atomic E-state index is -0.864. The minimum Gasteiger partial charge on any atom is -0.445 e. The maximum Gasteiger partial charge on any atom is 0.408 e. The average molecular weight is 423 g/mol. The van der Waals surface area contributed by atoms with Gasteiger partial charge in [-0.3, -0.25) is 9.59 Å². The monoisotopic (exact) mass is 423 g/mol. The van der Waals surface area contributed by atoms with Crippen molar-refractivity contribution in [3.63, 3.8) is 0 Å². The van der Waals surface area contributed by atoms with Crippen LogP contribution in [0, 0.1) is 17.7 Å². The summed E-state index contributed by atoms with van der Waals surface area (Å²) in [5.74, 6) is -1.11. The predicted octanol–water partition coefficient (Wildman–Crippen LogP) is 1.47. The Bertz CT molecular complexity index is 743. The number of amides is 3. The number of hydrogen-bond donors (Lipinski definition) is 4. The molecule has 1 aliphatic heterocycles. The molecule has 0 aromatic heterocycles. The Labute approximate surface area is 175 Å². The summed E-state index contributed by atoms with van der Waals surface area (Å²) in [6, 6.07) is 4.23. The minimum absolute atomic E-state index is 0.0829. The highest BCUT2D eigenvalue weighted by Crippen LogP contribution is 2.16. The van der Waals surface area contributed by atoms with Crippen molar-refractivity contribution in [2.45, 2.75) is 51.8 Å². The molecule has 1 aliphatic rings. The highest BCUT2D eigenvalue weighted by atomic mass is 19.1. The first-order valence-corrected chi connectivity index (χ1v) is 10.1. The van der Waals surface area contributed by atoms with E-state index in [4.69, 9.17) is 4.74 Å². The molecule has 0 spiro atoms. The molecule has 0 aliphatic carbocycles. The number of benzene rings is 1. The molecule has 1 aromatic rings. The molecule has 0 radical (unpaired) electrons. The van der Waals surface area contributed by atoms with Crippen molar-refractivity contribution >= 4 is 17.9 Å². The van der Waals surface area contributed by atoms with Crippen LogP contribution in [0.3, 0.4) is 0 Å². The number of carbonyl (C=O) groups is 3. The van der Waals surface area contributed by atoms with Gasteiger partial charge in [0.15, 0.2) is 0 Å². The first kappa shape index (κ1) is 23.6. The van der Waals surface area contributed by atoms with E-state index in [2.05, 4.69) is 16.0 Å². The van der Waals surface area contributed by atoms with E-state index in [9.17, 15) is 23.9 Å². The van der Waals surface area contributed by atoms with Crippen LogP contribution in [0.4, 0.5) is 9.18 Å². The summed E-state index contributed by atoms with van der Waals surface area (Å²) in [6.07, 6.45) is 0.552. The van der Waals surface area contributed by atoms with E-state index in [1.807, 2.05) is 13.8 Å². The molecular formula is C21H30FN3O5. The van der Waals surface area contributed by atoms with E-state index < -0.39 is 29.9 Å². The SMILES string of the molecule is CC(C)C[C@H](NC(=O)OCc1cccc(F)c1)C(=O)N[C@H](CO)C[C@@H]1CCNC1=O. The summed E-state index contributed by atoms with van der Waals surface area (Å²) in [5, 5.41) is 17.6. The van der Waals surface area contributed by atoms with E-state index >= 15 is 0 Å². The topological polar surface area (TPSA) is 117 Å². The van der Waals surface area contributed by atoms with Gasteiger partial charge in [0.2, 0.25) is 11.8 Å². The average Bonchev–Trinajstić information content (AvgIpc) is 3.09. The maximum atomic E-state index is 13.2. The Kier molecular flexibility index (Phi) is 9.04. The standard InChI is InChI=1S/C21H30FN3O5/c1-13(2)8-18(25-21(29)30-12-14-4-3-5-16(22)9-14)20(28)24-17(11-26)10-15-6-7-23-19(15)27/h3-5,9,13,15,17-18,26H,6-8,10-12H2,1-2H3,(H,23,27)(H,24,28)(H,25,29)/t15-,17-,18-/m0/s1. The number of ether oxygens (including phenoxy) is 1. The summed E-state index contributed by atoms with van der Waals surface area (Å²) in [7, 11) is 0. The van der Waals surface area contributed by atoms with Crippen molar-refractivity contribution in [2.75, 3.05) is 13.2 Å². The molecule has 0 saturated carbocycles. The zero-order chi connectivity index (χ0) is 22.1. The lowest BCUT2D eigenvalue weighted by Crippen LogP contribution is -2.51. The molecule has 166 valence electrons. The van der Waals surface area contributed by atoms with Gasteiger partial charge in [-0.2, -0.15) is 0 Å². The molecule has 1 fully saturated rings. The van der Waals surface area contributed by atoms with Crippen LogP contribution in [0.25, 0.3) is 0 Å². The van der Waals surface area contributed by atoms with E-state index in [0.29, 0.717) is 31.4 Å². The molecule has 0 bridgehead atoms. The van der Waals surface area contributed by atoms with Gasteiger partial charge in [-0.05, 0) is 42.9 Å². The predicted molar refractivity (Wildman–Crippen MR) is 108 cm³/mol. The van der Waals surface area contributed by atoms with Gasteiger partial charge in [0.1, 0.15) is 18.5 Å². The number of rotatable bonds is 10. The van der Waals surface area contributed by atoms with Gasteiger partial charge in [-0.25, -0.2) is 9.18 Å². The lowest BCUT2D eigenvalue weighted by Gasteiger charge is -2.24. The van der Waals surface area contributed by atoms with Crippen LogP contribution >= 0.6 is 0 Å². The van der Waals surface area contributed by atoms with Crippen molar-refractivity contribution in [3.8, 4) is 0 Å². The highest BCUT2D eigenvalue weighted by molar-refractivity contribution is 5.86. The first-order valence-electron chi connectivity index (χ1n) is 10.1. The van der Waals surface area contributed by atoms with Crippen LogP contribution in [-0.2, 0) is 20.9 Å². The van der Waals surface area contributed by atoms with Crippen LogP contribution < -0.4 is 16.0 Å². The summed E-state index contributed by atoms with van der Waals surface area (Å²) in [4.78, 5) is 36.6. The van der Waals surface area contributed by atoms with E-state index in [0.717, 1.165) is 0 Å². The number of carbonyl (C=O) groups excluding carboxylic acids is 3. The summed E-state index contributed by atoms with van der Waals surface area (Å²) < 4.78 is 18.3. The van der Waals surface area contributed by atoms with Crippen molar-refractivity contribution in [3.05, 3.63) is 35.6 Å². The molecule has 30 heavy (non-hydrogen) atoms. The van der Waals surface area contributed by atoms with Gasteiger partial charge in [0, 0.05) is 12.5 Å². The Morgan fingerprint density at radius 1 is 1.33 bits per heavy atom. The van der Waals surface area contributed by atoms with Crippen LogP contribution in [0.2, 0.25) is 0 Å². The zero-order valence-corrected chi connectivity index (χ0v) is 17.3. The van der Waals surface area contributed by atoms with E-state index in [1.54, 1.807) is 6.07 Å². The molecule has 1 aromatic carbocycles. The third-order valence-corrected chi connectivity index (χ3v) is 4.87. The van der Waals surface area contributed by atoms with Crippen molar-refractivity contribution in [1.82, 2.24) is 16.0 Å². The number of aliphatic hydroxyl groups is 1. The summed E-state index contributed by atoms with van der Waals surface area (Å²) in [5.41, 5.74) is 0.491. The Hall–Kier alpha value is -2.68. The zero-order valence-electron chi connectivity index (χ0n) is 17.3. The molecule has 0 unspecified atom stereocenters. The maximum absolute atomic E-state index is 13.2. The van der Waals surface area contributed by atoms with Crippen molar-refractivity contribution in [1.29, 1.82) is 0 Å². The molecule has 3 amide bonds.